The first-order valence-corrected chi connectivity index (χ1v) is 6.26. The van der Waals surface area contributed by atoms with Gasteiger partial charge in [0, 0.05) is 23.8 Å². The molecular weight excluding hydrogens is 198 g/mol. The van der Waals surface area contributed by atoms with Crippen molar-refractivity contribution in [2.24, 2.45) is 0 Å². The predicted molar refractivity (Wildman–Crippen MR) is 67.6 cm³/mol. The molecule has 0 aromatic carbocycles. The molecule has 3 heteroatoms. The molecule has 2 unspecified atom stereocenters. The molecule has 1 fully saturated rings. The summed E-state index contributed by atoms with van der Waals surface area (Å²) in [6.07, 6.45) is 5.47. The second kappa shape index (κ2) is 5.30. The van der Waals surface area contributed by atoms with Gasteiger partial charge in [-0.1, -0.05) is 13.0 Å². The smallest absolute Gasteiger partial charge is 0.130 e. The maximum atomic E-state index is 4.46. The number of rotatable bonds is 4. The van der Waals surface area contributed by atoms with Gasteiger partial charge in [0.2, 0.25) is 0 Å². The Hall–Kier alpha value is -1.09. The SMILES string of the molecule is CCC(C)Nc1ncccc1C1CCCN1. The minimum Gasteiger partial charge on any atom is -0.367 e. The zero-order valence-corrected chi connectivity index (χ0v) is 10.2. The molecule has 2 atom stereocenters. The Bertz CT molecular complexity index is 332. The number of hydrogen-bond acceptors (Lipinski definition) is 3. The van der Waals surface area contributed by atoms with Gasteiger partial charge in [0.25, 0.3) is 0 Å². The lowest BCUT2D eigenvalue weighted by Gasteiger charge is -2.19. The first-order valence-electron chi connectivity index (χ1n) is 6.26. The fraction of sp³-hybridized carbons (Fsp3) is 0.615. The van der Waals surface area contributed by atoms with Gasteiger partial charge >= 0.3 is 0 Å². The zero-order valence-electron chi connectivity index (χ0n) is 10.2. The van der Waals surface area contributed by atoms with Crippen molar-refractivity contribution in [3.05, 3.63) is 23.9 Å². The summed E-state index contributed by atoms with van der Waals surface area (Å²) >= 11 is 0. The number of nitrogens with zero attached hydrogens (tertiary/aromatic N) is 1. The summed E-state index contributed by atoms with van der Waals surface area (Å²) in [6, 6.07) is 5.17. The van der Waals surface area contributed by atoms with E-state index in [1.165, 1.54) is 18.4 Å². The van der Waals surface area contributed by atoms with Gasteiger partial charge in [0.1, 0.15) is 5.82 Å². The van der Waals surface area contributed by atoms with Crippen molar-refractivity contribution in [3.63, 3.8) is 0 Å². The van der Waals surface area contributed by atoms with Crippen molar-refractivity contribution in [3.8, 4) is 0 Å². The Kier molecular flexibility index (Phi) is 3.78. The fourth-order valence-corrected chi connectivity index (χ4v) is 2.10. The molecule has 1 aliphatic rings. The van der Waals surface area contributed by atoms with Gasteiger partial charge < -0.3 is 10.6 Å². The van der Waals surface area contributed by atoms with E-state index in [2.05, 4.69) is 35.5 Å². The summed E-state index contributed by atoms with van der Waals surface area (Å²) in [7, 11) is 0. The van der Waals surface area contributed by atoms with Crippen LogP contribution in [-0.2, 0) is 0 Å². The van der Waals surface area contributed by atoms with Crippen LogP contribution in [0, 0.1) is 0 Å². The molecule has 0 spiro atoms. The lowest BCUT2D eigenvalue weighted by molar-refractivity contribution is 0.643. The monoisotopic (exact) mass is 219 g/mol. The van der Waals surface area contributed by atoms with Crippen LogP contribution >= 0.6 is 0 Å². The summed E-state index contributed by atoms with van der Waals surface area (Å²) in [5.41, 5.74) is 1.32. The second-order valence-corrected chi connectivity index (χ2v) is 4.54. The van der Waals surface area contributed by atoms with Crippen molar-refractivity contribution in [2.45, 2.75) is 45.2 Å². The Balaban J connectivity index is 2.16. The molecule has 0 saturated carbocycles. The van der Waals surface area contributed by atoms with Crippen LogP contribution in [0.15, 0.2) is 18.3 Å². The van der Waals surface area contributed by atoms with Crippen LogP contribution in [-0.4, -0.2) is 17.6 Å². The van der Waals surface area contributed by atoms with Gasteiger partial charge in [0.05, 0.1) is 0 Å². The standard InChI is InChI=1S/C13H21N3/c1-3-10(2)16-13-11(6-4-9-15-13)12-7-5-8-14-12/h4,6,9-10,12,14H,3,5,7-8H2,1-2H3,(H,15,16). The van der Waals surface area contributed by atoms with E-state index in [0.717, 1.165) is 18.8 Å². The van der Waals surface area contributed by atoms with Gasteiger partial charge in [-0.2, -0.15) is 0 Å². The third kappa shape index (κ3) is 2.53. The Labute approximate surface area is 97.7 Å². The average Bonchev–Trinajstić information content (AvgIpc) is 2.83. The highest BCUT2D eigenvalue weighted by Gasteiger charge is 2.19. The van der Waals surface area contributed by atoms with Gasteiger partial charge in [-0.25, -0.2) is 4.98 Å². The minimum absolute atomic E-state index is 0.482. The quantitative estimate of drug-likeness (QED) is 0.817. The Morgan fingerprint density at radius 2 is 2.50 bits per heavy atom. The Morgan fingerprint density at radius 3 is 3.19 bits per heavy atom. The third-order valence-electron chi connectivity index (χ3n) is 3.27. The lowest BCUT2D eigenvalue weighted by Crippen LogP contribution is -2.19. The molecule has 3 nitrogen and oxygen atoms in total. The van der Waals surface area contributed by atoms with E-state index >= 15 is 0 Å². The number of nitrogens with one attached hydrogen (secondary N) is 2. The van der Waals surface area contributed by atoms with Crippen LogP contribution in [0.1, 0.15) is 44.7 Å². The summed E-state index contributed by atoms with van der Waals surface area (Å²) in [5.74, 6) is 1.05. The van der Waals surface area contributed by atoms with Crippen LogP contribution in [0.4, 0.5) is 5.82 Å². The molecule has 2 heterocycles. The summed E-state index contributed by atoms with van der Waals surface area (Å²) in [4.78, 5) is 4.46. The Morgan fingerprint density at radius 1 is 1.62 bits per heavy atom. The molecular formula is C13H21N3. The largest absolute Gasteiger partial charge is 0.367 e. The van der Waals surface area contributed by atoms with E-state index in [-0.39, 0.29) is 0 Å². The summed E-state index contributed by atoms with van der Waals surface area (Å²) < 4.78 is 0. The molecule has 0 radical (unpaired) electrons. The van der Waals surface area contributed by atoms with Gasteiger partial charge in [-0.3, -0.25) is 0 Å². The topological polar surface area (TPSA) is 37.0 Å². The van der Waals surface area contributed by atoms with Crippen molar-refractivity contribution < 1.29 is 0 Å². The molecule has 1 aromatic heterocycles. The maximum absolute atomic E-state index is 4.46. The predicted octanol–water partition coefficient (Wildman–Crippen LogP) is 2.72. The minimum atomic E-state index is 0.482. The maximum Gasteiger partial charge on any atom is 0.130 e. The number of anilines is 1. The highest BCUT2D eigenvalue weighted by Crippen LogP contribution is 2.27. The molecule has 2 N–H and O–H groups in total. The third-order valence-corrected chi connectivity index (χ3v) is 3.27. The molecule has 88 valence electrons. The molecule has 1 aliphatic heterocycles. The molecule has 0 bridgehead atoms. The molecule has 2 rings (SSSR count). The highest BCUT2D eigenvalue weighted by molar-refractivity contribution is 5.46. The fourth-order valence-electron chi connectivity index (χ4n) is 2.10. The zero-order chi connectivity index (χ0) is 11.4. The van der Waals surface area contributed by atoms with Crippen molar-refractivity contribution in [1.29, 1.82) is 0 Å². The van der Waals surface area contributed by atoms with Crippen molar-refractivity contribution in [2.75, 3.05) is 11.9 Å². The highest BCUT2D eigenvalue weighted by atomic mass is 15.0. The summed E-state index contributed by atoms with van der Waals surface area (Å²) in [5, 5.41) is 7.01. The van der Waals surface area contributed by atoms with Crippen LogP contribution in [0.2, 0.25) is 0 Å². The van der Waals surface area contributed by atoms with Gasteiger partial charge in [-0.15, -0.1) is 0 Å². The second-order valence-electron chi connectivity index (χ2n) is 4.54. The molecule has 1 aromatic rings. The molecule has 1 saturated heterocycles. The van der Waals surface area contributed by atoms with E-state index < -0.39 is 0 Å². The summed E-state index contributed by atoms with van der Waals surface area (Å²) in [6.45, 7) is 5.51. The average molecular weight is 219 g/mol. The van der Waals surface area contributed by atoms with Crippen LogP contribution in [0.3, 0.4) is 0 Å². The van der Waals surface area contributed by atoms with E-state index in [1.54, 1.807) is 0 Å². The number of aromatic nitrogens is 1. The van der Waals surface area contributed by atoms with Crippen LogP contribution < -0.4 is 10.6 Å². The lowest BCUT2D eigenvalue weighted by atomic mass is 10.1. The van der Waals surface area contributed by atoms with Gasteiger partial charge in [0.15, 0.2) is 0 Å². The van der Waals surface area contributed by atoms with Crippen molar-refractivity contribution >= 4 is 5.82 Å². The first kappa shape index (κ1) is 11.4. The van der Waals surface area contributed by atoms with E-state index in [4.69, 9.17) is 0 Å². The van der Waals surface area contributed by atoms with E-state index in [0.29, 0.717) is 12.1 Å². The van der Waals surface area contributed by atoms with Crippen molar-refractivity contribution in [1.82, 2.24) is 10.3 Å². The molecule has 0 amide bonds. The van der Waals surface area contributed by atoms with Gasteiger partial charge in [-0.05, 0) is 38.8 Å². The molecule has 0 aliphatic carbocycles. The molecule has 16 heavy (non-hydrogen) atoms. The number of hydrogen-bond donors (Lipinski definition) is 2. The van der Waals surface area contributed by atoms with Crippen LogP contribution in [0.25, 0.3) is 0 Å². The van der Waals surface area contributed by atoms with E-state index in [1.807, 2.05) is 12.3 Å². The normalized spacial score (nSPS) is 22.0. The first-order chi connectivity index (χ1) is 7.81. The van der Waals surface area contributed by atoms with Crippen LogP contribution in [0.5, 0.6) is 0 Å². The number of pyridine rings is 1. The van der Waals surface area contributed by atoms with E-state index in [9.17, 15) is 0 Å².